The lowest BCUT2D eigenvalue weighted by Gasteiger charge is -2.17. The Labute approximate surface area is 139 Å². The average Bonchev–Trinajstić information content (AvgIpc) is 3.01. The fourth-order valence-electron chi connectivity index (χ4n) is 2.25. The van der Waals surface area contributed by atoms with Gasteiger partial charge in [-0.1, -0.05) is 53.7 Å². The van der Waals surface area contributed by atoms with E-state index >= 15 is 0 Å². The zero-order valence-electron chi connectivity index (χ0n) is 11.9. The summed E-state index contributed by atoms with van der Waals surface area (Å²) in [7, 11) is 0. The number of hydrogen-bond acceptors (Lipinski definition) is 3. The number of rotatable bonds is 3. The Balaban J connectivity index is 1.67. The predicted octanol–water partition coefficient (Wildman–Crippen LogP) is 4.09. The first-order valence-corrected chi connectivity index (χ1v) is 8.39. The molecule has 0 saturated heterocycles. The molecule has 1 amide bonds. The molecule has 0 N–H and O–H groups in total. The molecule has 0 aliphatic carbocycles. The molecule has 0 saturated carbocycles. The zero-order valence-corrected chi connectivity index (χ0v) is 13.5. The minimum atomic E-state index is 0.00967. The smallest absolute Gasteiger partial charge is 0.259 e. The summed E-state index contributed by atoms with van der Waals surface area (Å²) >= 11 is 7.57. The second-order valence-electron chi connectivity index (χ2n) is 4.91. The number of carbonyl (C=O) groups is 1. The number of amidine groups is 1. The van der Waals surface area contributed by atoms with E-state index in [2.05, 4.69) is 4.99 Å². The molecule has 0 fully saturated rings. The van der Waals surface area contributed by atoms with E-state index in [1.54, 1.807) is 16.7 Å². The van der Waals surface area contributed by atoms with Crippen molar-refractivity contribution in [2.75, 3.05) is 13.1 Å². The summed E-state index contributed by atoms with van der Waals surface area (Å²) in [4.78, 5) is 18.7. The first-order valence-electron chi connectivity index (χ1n) is 7.02. The van der Waals surface area contributed by atoms with Crippen LogP contribution in [0.1, 0.15) is 15.9 Å². The quantitative estimate of drug-likeness (QED) is 0.849. The van der Waals surface area contributed by atoms with E-state index < -0.39 is 0 Å². The SMILES string of the molecule is O=C(c1ccccc1)N1CCN=C1SCc1cccc(Cl)c1. The zero-order chi connectivity index (χ0) is 15.4. The lowest BCUT2D eigenvalue weighted by Crippen LogP contribution is -2.32. The predicted molar refractivity (Wildman–Crippen MR) is 92.5 cm³/mol. The third kappa shape index (κ3) is 3.51. The van der Waals surface area contributed by atoms with Crippen LogP contribution in [0.3, 0.4) is 0 Å². The Kier molecular flexibility index (Phi) is 4.80. The molecule has 1 aliphatic rings. The molecule has 0 unspecified atom stereocenters. The van der Waals surface area contributed by atoms with Crippen LogP contribution in [0.2, 0.25) is 5.02 Å². The minimum absolute atomic E-state index is 0.00967. The first-order chi connectivity index (χ1) is 10.7. The summed E-state index contributed by atoms with van der Waals surface area (Å²) in [6.45, 7) is 1.31. The monoisotopic (exact) mass is 330 g/mol. The molecular formula is C17H15ClN2OS. The molecule has 2 aromatic carbocycles. The lowest BCUT2D eigenvalue weighted by atomic mass is 10.2. The summed E-state index contributed by atoms with van der Waals surface area (Å²) in [5, 5.41) is 1.51. The maximum Gasteiger partial charge on any atom is 0.259 e. The van der Waals surface area contributed by atoms with Crippen LogP contribution in [0.15, 0.2) is 59.6 Å². The van der Waals surface area contributed by atoms with Crippen molar-refractivity contribution in [3.8, 4) is 0 Å². The van der Waals surface area contributed by atoms with Crippen molar-refractivity contribution in [1.82, 2.24) is 4.90 Å². The molecule has 112 valence electrons. The van der Waals surface area contributed by atoms with E-state index in [1.807, 2.05) is 54.6 Å². The molecular weight excluding hydrogens is 316 g/mol. The largest absolute Gasteiger partial charge is 0.286 e. The molecule has 22 heavy (non-hydrogen) atoms. The Morgan fingerprint density at radius 1 is 1.18 bits per heavy atom. The summed E-state index contributed by atoms with van der Waals surface area (Å²) in [5.41, 5.74) is 1.82. The van der Waals surface area contributed by atoms with Crippen molar-refractivity contribution in [2.24, 2.45) is 4.99 Å². The molecule has 0 atom stereocenters. The van der Waals surface area contributed by atoms with Crippen molar-refractivity contribution in [3.05, 3.63) is 70.7 Å². The van der Waals surface area contributed by atoms with Crippen molar-refractivity contribution < 1.29 is 4.79 Å². The van der Waals surface area contributed by atoms with Crippen molar-refractivity contribution in [3.63, 3.8) is 0 Å². The maximum atomic E-state index is 12.5. The number of halogens is 1. The third-order valence-electron chi connectivity index (χ3n) is 3.32. The fraction of sp³-hybridized carbons (Fsp3) is 0.176. The molecule has 1 heterocycles. The van der Waals surface area contributed by atoms with Crippen LogP contribution in [0, 0.1) is 0 Å². The molecule has 0 radical (unpaired) electrons. The highest BCUT2D eigenvalue weighted by Gasteiger charge is 2.24. The van der Waals surface area contributed by atoms with Gasteiger partial charge < -0.3 is 0 Å². The van der Waals surface area contributed by atoms with E-state index in [-0.39, 0.29) is 5.91 Å². The standard InChI is InChI=1S/C17H15ClN2OS/c18-15-8-4-5-13(11-15)12-22-17-19-9-10-20(17)16(21)14-6-2-1-3-7-14/h1-8,11H,9-10,12H2. The molecule has 3 nitrogen and oxygen atoms in total. The van der Waals surface area contributed by atoms with Crippen LogP contribution in [0.5, 0.6) is 0 Å². The van der Waals surface area contributed by atoms with Crippen LogP contribution in [0.4, 0.5) is 0 Å². The first kappa shape index (κ1) is 15.1. The Hall–Kier alpha value is -1.78. The highest BCUT2D eigenvalue weighted by Crippen LogP contribution is 2.22. The number of carbonyl (C=O) groups excluding carboxylic acids is 1. The highest BCUT2D eigenvalue weighted by molar-refractivity contribution is 8.13. The number of amides is 1. The maximum absolute atomic E-state index is 12.5. The van der Waals surface area contributed by atoms with Crippen molar-refractivity contribution in [1.29, 1.82) is 0 Å². The summed E-state index contributed by atoms with van der Waals surface area (Å²) < 4.78 is 0. The van der Waals surface area contributed by atoms with Gasteiger partial charge in [-0.2, -0.15) is 0 Å². The van der Waals surface area contributed by atoms with Gasteiger partial charge in [0.05, 0.1) is 6.54 Å². The van der Waals surface area contributed by atoms with Gasteiger partial charge in [0, 0.05) is 22.9 Å². The van der Waals surface area contributed by atoms with Crippen LogP contribution in [0.25, 0.3) is 0 Å². The van der Waals surface area contributed by atoms with E-state index in [1.165, 1.54) is 0 Å². The molecule has 3 rings (SSSR count). The topological polar surface area (TPSA) is 32.7 Å². The second-order valence-corrected chi connectivity index (χ2v) is 6.28. The van der Waals surface area contributed by atoms with Gasteiger partial charge in [-0.05, 0) is 29.8 Å². The molecule has 1 aliphatic heterocycles. The summed E-state index contributed by atoms with van der Waals surface area (Å²) in [6, 6.07) is 17.1. The van der Waals surface area contributed by atoms with Crippen LogP contribution >= 0.6 is 23.4 Å². The number of benzene rings is 2. The number of thioether (sulfide) groups is 1. The highest BCUT2D eigenvalue weighted by atomic mass is 35.5. The second kappa shape index (κ2) is 6.99. The van der Waals surface area contributed by atoms with Gasteiger partial charge in [-0.25, -0.2) is 0 Å². The fourth-order valence-corrected chi connectivity index (χ4v) is 3.45. The number of hydrogen-bond donors (Lipinski definition) is 0. The van der Waals surface area contributed by atoms with Gasteiger partial charge in [0.15, 0.2) is 5.17 Å². The van der Waals surface area contributed by atoms with Gasteiger partial charge in [-0.15, -0.1) is 0 Å². The summed E-state index contributed by atoms with van der Waals surface area (Å²) in [5.74, 6) is 0.758. The van der Waals surface area contributed by atoms with E-state index in [9.17, 15) is 4.79 Å². The van der Waals surface area contributed by atoms with Gasteiger partial charge in [-0.3, -0.25) is 14.7 Å². The van der Waals surface area contributed by atoms with E-state index in [4.69, 9.17) is 11.6 Å². The number of aliphatic imine (C=N–C) groups is 1. The molecule has 0 aromatic heterocycles. The minimum Gasteiger partial charge on any atom is -0.286 e. The normalized spacial score (nSPS) is 14.0. The van der Waals surface area contributed by atoms with Crippen molar-refractivity contribution in [2.45, 2.75) is 5.75 Å². The van der Waals surface area contributed by atoms with Crippen LogP contribution in [-0.4, -0.2) is 29.1 Å². The van der Waals surface area contributed by atoms with Gasteiger partial charge in [0.25, 0.3) is 5.91 Å². The molecule has 2 aromatic rings. The molecule has 5 heteroatoms. The Morgan fingerprint density at radius 3 is 2.77 bits per heavy atom. The van der Waals surface area contributed by atoms with Crippen LogP contribution < -0.4 is 0 Å². The number of nitrogens with zero attached hydrogens (tertiary/aromatic N) is 2. The van der Waals surface area contributed by atoms with Gasteiger partial charge in [0.1, 0.15) is 0 Å². The Bertz CT molecular complexity index is 703. The van der Waals surface area contributed by atoms with E-state index in [0.29, 0.717) is 18.7 Å². The summed E-state index contributed by atoms with van der Waals surface area (Å²) in [6.07, 6.45) is 0. The van der Waals surface area contributed by atoms with Gasteiger partial charge in [0.2, 0.25) is 0 Å². The van der Waals surface area contributed by atoms with Gasteiger partial charge >= 0.3 is 0 Å². The molecule has 0 bridgehead atoms. The third-order valence-corrected chi connectivity index (χ3v) is 4.64. The van der Waals surface area contributed by atoms with E-state index in [0.717, 1.165) is 21.5 Å². The average molecular weight is 331 g/mol. The van der Waals surface area contributed by atoms with Crippen molar-refractivity contribution >= 4 is 34.4 Å². The Morgan fingerprint density at radius 2 is 2.00 bits per heavy atom. The lowest BCUT2D eigenvalue weighted by molar-refractivity contribution is 0.0860. The van der Waals surface area contributed by atoms with Crippen LogP contribution in [-0.2, 0) is 5.75 Å². The molecule has 0 spiro atoms.